The summed E-state index contributed by atoms with van der Waals surface area (Å²) in [6.07, 6.45) is 4.42. The van der Waals surface area contributed by atoms with Crippen molar-refractivity contribution in [3.8, 4) is 23.2 Å². The number of Topliss-reactive ketones (excluding diaryl/α,β-unsaturated/α-hetero) is 1. The van der Waals surface area contributed by atoms with Gasteiger partial charge in [-0.2, -0.15) is 10.4 Å². The number of ketones is 1. The van der Waals surface area contributed by atoms with Crippen molar-refractivity contribution >= 4 is 28.9 Å². The highest BCUT2D eigenvalue weighted by Gasteiger charge is 2.42. The Hall–Kier alpha value is -4.26. The SMILES string of the molecule is CCC(=O)c1cnc(NC(=O)[C@@H]2C[C@H]2CC#N)cc1Nc1cccc(-c2ncn(C)n2)c1OC. The molecule has 34 heavy (non-hydrogen) atoms. The number of nitriles is 1. The first-order valence-corrected chi connectivity index (χ1v) is 11.0. The predicted molar refractivity (Wildman–Crippen MR) is 126 cm³/mol. The Bertz CT molecular complexity index is 1280. The maximum absolute atomic E-state index is 12.6. The van der Waals surface area contributed by atoms with Crippen LogP contribution in [-0.2, 0) is 11.8 Å². The highest BCUT2D eigenvalue weighted by atomic mass is 16.5. The zero-order valence-electron chi connectivity index (χ0n) is 19.2. The molecule has 0 unspecified atom stereocenters. The number of para-hydroxylation sites is 1. The molecule has 0 spiro atoms. The minimum atomic E-state index is -0.183. The Morgan fingerprint density at radius 2 is 2.12 bits per heavy atom. The maximum Gasteiger partial charge on any atom is 0.228 e. The zero-order chi connectivity index (χ0) is 24.2. The number of hydrogen-bond donors (Lipinski definition) is 2. The Kier molecular flexibility index (Phi) is 6.54. The molecule has 2 atom stereocenters. The Balaban J connectivity index is 1.65. The van der Waals surface area contributed by atoms with Crippen LogP contribution in [0.4, 0.5) is 17.2 Å². The van der Waals surface area contributed by atoms with Gasteiger partial charge >= 0.3 is 0 Å². The number of hydrogen-bond acceptors (Lipinski definition) is 8. The van der Waals surface area contributed by atoms with E-state index in [1.54, 1.807) is 38.2 Å². The number of anilines is 3. The Morgan fingerprint density at radius 3 is 2.79 bits per heavy atom. The average Bonchev–Trinajstić information content (AvgIpc) is 3.48. The number of aromatic nitrogens is 4. The molecule has 2 N–H and O–H groups in total. The molecule has 10 heteroatoms. The number of nitrogens with zero attached hydrogens (tertiary/aromatic N) is 5. The number of ether oxygens (including phenoxy) is 1. The van der Waals surface area contributed by atoms with Gasteiger partial charge in [0.15, 0.2) is 17.4 Å². The number of rotatable bonds is 9. The number of benzene rings is 1. The monoisotopic (exact) mass is 459 g/mol. The molecular weight excluding hydrogens is 434 g/mol. The van der Waals surface area contributed by atoms with Gasteiger partial charge in [-0.1, -0.05) is 13.0 Å². The number of aryl methyl sites for hydroxylation is 1. The van der Waals surface area contributed by atoms with Crippen LogP contribution in [0.3, 0.4) is 0 Å². The van der Waals surface area contributed by atoms with Crippen molar-refractivity contribution in [3.05, 3.63) is 42.4 Å². The molecular formula is C24H25N7O3. The van der Waals surface area contributed by atoms with Crippen LogP contribution in [0, 0.1) is 23.2 Å². The topological polar surface area (TPSA) is 135 Å². The molecule has 4 rings (SSSR count). The first-order chi connectivity index (χ1) is 16.4. The molecule has 1 fully saturated rings. The fourth-order valence-electron chi connectivity index (χ4n) is 3.81. The number of nitrogens with one attached hydrogen (secondary N) is 2. The summed E-state index contributed by atoms with van der Waals surface area (Å²) >= 11 is 0. The average molecular weight is 460 g/mol. The number of methoxy groups -OCH3 is 1. The van der Waals surface area contributed by atoms with Gasteiger partial charge in [0.05, 0.1) is 35.7 Å². The maximum atomic E-state index is 12.6. The summed E-state index contributed by atoms with van der Waals surface area (Å²) in [5.41, 5.74) is 2.19. The lowest BCUT2D eigenvalue weighted by atomic mass is 10.1. The molecule has 2 aromatic heterocycles. The highest BCUT2D eigenvalue weighted by Crippen LogP contribution is 2.42. The van der Waals surface area contributed by atoms with E-state index in [1.165, 1.54) is 6.20 Å². The fraction of sp³-hybridized carbons (Fsp3) is 0.333. The lowest BCUT2D eigenvalue weighted by molar-refractivity contribution is -0.117. The van der Waals surface area contributed by atoms with Crippen LogP contribution in [0.2, 0.25) is 0 Å². The number of amides is 1. The van der Waals surface area contributed by atoms with E-state index >= 15 is 0 Å². The molecule has 10 nitrogen and oxygen atoms in total. The van der Waals surface area contributed by atoms with E-state index in [4.69, 9.17) is 10.00 Å². The normalized spacial score (nSPS) is 16.4. The predicted octanol–water partition coefficient (Wildman–Crippen LogP) is 3.71. The minimum Gasteiger partial charge on any atom is -0.494 e. The summed E-state index contributed by atoms with van der Waals surface area (Å²) in [5, 5.41) is 19.3. The van der Waals surface area contributed by atoms with Crippen LogP contribution in [0.1, 0.15) is 36.5 Å². The van der Waals surface area contributed by atoms with Gasteiger partial charge in [0.2, 0.25) is 5.91 Å². The van der Waals surface area contributed by atoms with Crippen LogP contribution in [0.25, 0.3) is 11.4 Å². The van der Waals surface area contributed by atoms with Crippen LogP contribution < -0.4 is 15.4 Å². The van der Waals surface area contributed by atoms with Crippen molar-refractivity contribution in [1.82, 2.24) is 19.7 Å². The van der Waals surface area contributed by atoms with Crippen molar-refractivity contribution in [3.63, 3.8) is 0 Å². The summed E-state index contributed by atoms with van der Waals surface area (Å²) < 4.78 is 7.26. The zero-order valence-corrected chi connectivity index (χ0v) is 19.2. The Labute approximate surface area is 197 Å². The van der Waals surface area contributed by atoms with Crippen LogP contribution in [-0.4, -0.2) is 38.5 Å². The number of pyridine rings is 1. The van der Waals surface area contributed by atoms with Crippen LogP contribution >= 0.6 is 0 Å². The quantitative estimate of drug-likeness (QED) is 0.462. The summed E-state index contributed by atoms with van der Waals surface area (Å²) in [5.74, 6) is 0.993. The van der Waals surface area contributed by atoms with Gasteiger partial charge in [-0.3, -0.25) is 14.3 Å². The lowest BCUT2D eigenvalue weighted by Gasteiger charge is -2.16. The van der Waals surface area contributed by atoms with E-state index in [0.29, 0.717) is 59.2 Å². The Morgan fingerprint density at radius 1 is 1.29 bits per heavy atom. The summed E-state index contributed by atoms with van der Waals surface area (Å²) in [4.78, 5) is 33.7. The molecule has 174 valence electrons. The van der Waals surface area contributed by atoms with E-state index in [-0.39, 0.29) is 23.5 Å². The minimum absolute atomic E-state index is 0.0920. The highest BCUT2D eigenvalue weighted by molar-refractivity contribution is 6.03. The molecule has 0 radical (unpaired) electrons. The largest absolute Gasteiger partial charge is 0.494 e. The number of carbonyl (C=O) groups is 2. The molecule has 3 aromatic rings. The van der Waals surface area contributed by atoms with Gasteiger partial charge < -0.3 is 15.4 Å². The van der Waals surface area contributed by atoms with Gasteiger partial charge in [-0.15, -0.1) is 0 Å². The standard InChI is InChI=1S/C24H25N7O3/c1-4-20(32)17-12-26-21(29-24(33)16-10-14(16)8-9-25)11-19(17)28-18-7-5-6-15(22(18)34-3)23-27-13-31(2)30-23/h5-7,11-14,16H,4,8,10H2,1-3H3,(H2,26,28,29,33)/t14-,16-/m1/s1. The van der Waals surface area contributed by atoms with Gasteiger partial charge in [0.25, 0.3) is 0 Å². The van der Waals surface area contributed by atoms with E-state index in [9.17, 15) is 9.59 Å². The van der Waals surface area contributed by atoms with E-state index in [1.807, 2.05) is 18.2 Å². The van der Waals surface area contributed by atoms with Crippen molar-refractivity contribution in [2.75, 3.05) is 17.7 Å². The first kappa shape index (κ1) is 22.9. The summed E-state index contributed by atoms with van der Waals surface area (Å²) in [6, 6.07) is 9.24. The molecule has 1 aliphatic carbocycles. The summed E-state index contributed by atoms with van der Waals surface area (Å²) in [7, 11) is 3.33. The second kappa shape index (κ2) is 9.70. The molecule has 0 bridgehead atoms. The third-order valence-corrected chi connectivity index (χ3v) is 5.72. The second-order valence-electron chi connectivity index (χ2n) is 8.10. The third-order valence-electron chi connectivity index (χ3n) is 5.72. The van der Waals surface area contributed by atoms with E-state index in [2.05, 4.69) is 31.8 Å². The first-order valence-electron chi connectivity index (χ1n) is 11.0. The molecule has 1 amide bonds. The van der Waals surface area contributed by atoms with Crippen molar-refractivity contribution in [2.45, 2.75) is 26.2 Å². The van der Waals surface area contributed by atoms with Crippen LogP contribution in [0.15, 0.2) is 36.8 Å². The van der Waals surface area contributed by atoms with E-state index < -0.39 is 0 Å². The van der Waals surface area contributed by atoms with Crippen molar-refractivity contribution in [1.29, 1.82) is 5.26 Å². The van der Waals surface area contributed by atoms with Crippen molar-refractivity contribution < 1.29 is 14.3 Å². The van der Waals surface area contributed by atoms with Gasteiger partial charge in [-0.25, -0.2) is 9.97 Å². The molecule has 2 heterocycles. The van der Waals surface area contributed by atoms with Gasteiger partial charge in [0, 0.05) is 38.1 Å². The lowest BCUT2D eigenvalue weighted by Crippen LogP contribution is -2.16. The summed E-state index contributed by atoms with van der Waals surface area (Å²) in [6.45, 7) is 1.78. The van der Waals surface area contributed by atoms with E-state index in [0.717, 1.165) is 0 Å². The van der Waals surface area contributed by atoms with Gasteiger partial charge in [0.1, 0.15) is 12.1 Å². The van der Waals surface area contributed by atoms with Crippen molar-refractivity contribution in [2.24, 2.45) is 18.9 Å². The molecule has 1 aliphatic rings. The smallest absolute Gasteiger partial charge is 0.228 e. The number of carbonyl (C=O) groups excluding carboxylic acids is 2. The van der Waals surface area contributed by atoms with Crippen LogP contribution in [0.5, 0.6) is 5.75 Å². The molecule has 0 saturated heterocycles. The third kappa shape index (κ3) is 4.73. The molecule has 1 aromatic carbocycles. The molecule has 1 saturated carbocycles. The molecule has 0 aliphatic heterocycles. The second-order valence-corrected chi connectivity index (χ2v) is 8.10. The fourth-order valence-corrected chi connectivity index (χ4v) is 3.81. The van der Waals surface area contributed by atoms with Gasteiger partial charge in [-0.05, 0) is 24.5 Å².